The summed E-state index contributed by atoms with van der Waals surface area (Å²) in [6.07, 6.45) is -0.992. The molecule has 0 aliphatic heterocycles. The monoisotopic (exact) mass is 306 g/mol. The van der Waals surface area contributed by atoms with E-state index in [0.717, 1.165) is 17.1 Å². The first-order valence-corrected chi connectivity index (χ1v) is 7.94. The number of alkyl halides is 3. The Morgan fingerprint density at radius 2 is 2.10 bits per heavy atom. The molecule has 2 rings (SSSR count). The third kappa shape index (κ3) is 3.73. The zero-order chi connectivity index (χ0) is 14.8. The molecule has 1 aliphatic rings. The fourth-order valence-corrected chi connectivity index (χ4v) is 4.03. The largest absolute Gasteiger partial charge is 0.392 e. The van der Waals surface area contributed by atoms with Gasteiger partial charge < -0.3 is 5.32 Å². The molecule has 1 fully saturated rings. The number of aromatic nitrogens is 1. The molecule has 1 saturated carbocycles. The van der Waals surface area contributed by atoms with Crippen LogP contribution in [0.3, 0.4) is 0 Å². The van der Waals surface area contributed by atoms with E-state index in [2.05, 4.69) is 10.3 Å². The first kappa shape index (κ1) is 15.8. The lowest BCUT2D eigenvalue weighted by atomic mass is 9.74. The Balaban J connectivity index is 2.11. The highest BCUT2D eigenvalue weighted by molar-refractivity contribution is 7.09. The van der Waals surface area contributed by atoms with Crippen LogP contribution in [-0.2, 0) is 6.42 Å². The smallest absolute Gasteiger partial charge is 0.316 e. The van der Waals surface area contributed by atoms with Crippen molar-refractivity contribution in [2.24, 2.45) is 11.8 Å². The van der Waals surface area contributed by atoms with E-state index >= 15 is 0 Å². The molecule has 1 aromatic rings. The fourth-order valence-electron chi connectivity index (χ4n) is 3.20. The quantitative estimate of drug-likeness (QED) is 0.911. The molecule has 114 valence electrons. The number of rotatable bonds is 4. The van der Waals surface area contributed by atoms with Crippen molar-refractivity contribution in [3.8, 4) is 0 Å². The van der Waals surface area contributed by atoms with Gasteiger partial charge in [-0.1, -0.05) is 12.8 Å². The van der Waals surface area contributed by atoms with Crippen molar-refractivity contribution >= 4 is 11.3 Å². The Morgan fingerprint density at radius 3 is 2.65 bits per heavy atom. The van der Waals surface area contributed by atoms with Crippen LogP contribution in [0.25, 0.3) is 0 Å². The summed E-state index contributed by atoms with van der Waals surface area (Å²) in [6.45, 7) is 1.91. The molecule has 3 atom stereocenters. The van der Waals surface area contributed by atoms with Gasteiger partial charge in [0.2, 0.25) is 0 Å². The molecule has 0 bridgehead atoms. The predicted octanol–water partition coefficient (Wildman–Crippen LogP) is 3.95. The predicted molar refractivity (Wildman–Crippen MR) is 74.9 cm³/mol. The van der Waals surface area contributed by atoms with Crippen LogP contribution in [0.15, 0.2) is 5.38 Å². The summed E-state index contributed by atoms with van der Waals surface area (Å²) in [5, 5.41) is 5.97. The van der Waals surface area contributed by atoms with E-state index < -0.39 is 12.1 Å². The standard InChI is InChI=1S/C14H21F3N2S/c1-9-8-20-13(19-9)7-12(18-2)10-5-3-4-6-11(10)14(15,16)17/h8,10-12,18H,3-7H2,1-2H3. The van der Waals surface area contributed by atoms with Gasteiger partial charge >= 0.3 is 6.18 Å². The highest BCUT2D eigenvalue weighted by atomic mass is 32.1. The third-order valence-electron chi connectivity index (χ3n) is 4.19. The second-order valence-electron chi connectivity index (χ2n) is 5.58. The summed E-state index contributed by atoms with van der Waals surface area (Å²) in [6, 6.07) is -0.146. The Morgan fingerprint density at radius 1 is 1.40 bits per heavy atom. The van der Waals surface area contributed by atoms with Crippen LogP contribution >= 0.6 is 11.3 Å². The average Bonchev–Trinajstić information content (AvgIpc) is 2.80. The summed E-state index contributed by atoms with van der Waals surface area (Å²) in [5.74, 6) is -1.51. The number of likely N-dealkylation sites (N-methyl/N-ethyl adjacent to an activating group) is 1. The van der Waals surface area contributed by atoms with Crippen molar-refractivity contribution in [1.29, 1.82) is 0 Å². The van der Waals surface area contributed by atoms with Crippen molar-refractivity contribution in [2.75, 3.05) is 7.05 Å². The zero-order valence-corrected chi connectivity index (χ0v) is 12.7. The summed E-state index contributed by atoms with van der Waals surface area (Å²) < 4.78 is 39.6. The molecule has 0 amide bonds. The molecule has 1 heterocycles. The summed E-state index contributed by atoms with van der Waals surface area (Å²) in [4.78, 5) is 4.38. The van der Waals surface area contributed by atoms with Crippen molar-refractivity contribution in [3.63, 3.8) is 0 Å². The van der Waals surface area contributed by atoms with Crippen LogP contribution in [0.5, 0.6) is 0 Å². The molecule has 3 unspecified atom stereocenters. The third-order valence-corrected chi connectivity index (χ3v) is 5.18. The highest BCUT2D eigenvalue weighted by Crippen LogP contribution is 2.43. The number of aryl methyl sites for hydroxylation is 1. The molecule has 1 aliphatic carbocycles. The van der Waals surface area contributed by atoms with Crippen LogP contribution in [0.2, 0.25) is 0 Å². The van der Waals surface area contributed by atoms with Gasteiger partial charge in [-0.25, -0.2) is 4.98 Å². The lowest BCUT2D eigenvalue weighted by molar-refractivity contribution is -0.199. The van der Waals surface area contributed by atoms with Gasteiger partial charge in [0.1, 0.15) is 0 Å². The molecule has 0 radical (unpaired) electrons. The van der Waals surface area contributed by atoms with Crippen LogP contribution in [0, 0.1) is 18.8 Å². The molecule has 2 nitrogen and oxygen atoms in total. The second-order valence-corrected chi connectivity index (χ2v) is 6.52. The van der Waals surface area contributed by atoms with Crippen LogP contribution in [-0.4, -0.2) is 24.2 Å². The molecule has 20 heavy (non-hydrogen) atoms. The van der Waals surface area contributed by atoms with Crippen molar-refractivity contribution in [1.82, 2.24) is 10.3 Å². The van der Waals surface area contributed by atoms with E-state index in [1.165, 1.54) is 11.3 Å². The number of thiazole rings is 1. The maximum Gasteiger partial charge on any atom is 0.392 e. The molecule has 0 aromatic carbocycles. The molecule has 6 heteroatoms. The van der Waals surface area contributed by atoms with Crippen molar-refractivity contribution in [2.45, 2.75) is 51.2 Å². The minimum atomic E-state index is -4.08. The van der Waals surface area contributed by atoms with Gasteiger partial charge in [0.15, 0.2) is 0 Å². The second kappa shape index (κ2) is 6.43. The molecule has 1 aromatic heterocycles. The summed E-state index contributed by atoms with van der Waals surface area (Å²) >= 11 is 1.53. The van der Waals surface area contributed by atoms with Crippen LogP contribution < -0.4 is 5.32 Å². The lowest BCUT2D eigenvalue weighted by Crippen LogP contribution is -2.45. The minimum Gasteiger partial charge on any atom is -0.316 e. The van der Waals surface area contributed by atoms with Gasteiger partial charge in [-0.05, 0) is 32.7 Å². The summed E-state index contributed by atoms with van der Waals surface area (Å²) in [5.41, 5.74) is 0.941. The molecule has 1 N–H and O–H groups in total. The van der Waals surface area contributed by atoms with E-state index in [9.17, 15) is 13.2 Å². The SMILES string of the molecule is CNC(Cc1nc(C)cs1)C1CCCCC1C(F)(F)F. The first-order valence-electron chi connectivity index (χ1n) is 7.06. The Hall–Kier alpha value is -0.620. The van der Waals surface area contributed by atoms with E-state index in [1.54, 1.807) is 7.05 Å². The van der Waals surface area contributed by atoms with E-state index in [-0.39, 0.29) is 18.4 Å². The average molecular weight is 306 g/mol. The highest BCUT2D eigenvalue weighted by Gasteiger charge is 2.47. The maximum absolute atomic E-state index is 13.2. The van der Waals surface area contributed by atoms with Crippen LogP contribution in [0.4, 0.5) is 13.2 Å². The maximum atomic E-state index is 13.2. The minimum absolute atomic E-state index is 0.146. The van der Waals surface area contributed by atoms with Crippen molar-refractivity contribution in [3.05, 3.63) is 16.1 Å². The van der Waals surface area contributed by atoms with Crippen LogP contribution in [0.1, 0.15) is 36.4 Å². The molecule has 0 spiro atoms. The van der Waals surface area contributed by atoms with E-state index in [1.807, 2.05) is 12.3 Å². The fraction of sp³-hybridized carbons (Fsp3) is 0.786. The van der Waals surface area contributed by atoms with E-state index in [4.69, 9.17) is 0 Å². The molecular weight excluding hydrogens is 285 g/mol. The van der Waals surface area contributed by atoms with Gasteiger partial charge in [0.25, 0.3) is 0 Å². The van der Waals surface area contributed by atoms with E-state index in [0.29, 0.717) is 19.3 Å². The number of hydrogen-bond acceptors (Lipinski definition) is 3. The lowest BCUT2D eigenvalue weighted by Gasteiger charge is -2.37. The number of halogens is 3. The number of nitrogens with one attached hydrogen (secondary N) is 1. The normalized spacial score (nSPS) is 25.6. The first-order chi connectivity index (χ1) is 9.41. The number of nitrogens with zero attached hydrogens (tertiary/aromatic N) is 1. The summed E-state index contributed by atoms with van der Waals surface area (Å²) in [7, 11) is 1.76. The van der Waals surface area contributed by atoms with Crippen molar-refractivity contribution < 1.29 is 13.2 Å². The van der Waals surface area contributed by atoms with Gasteiger partial charge in [-0.2, -0.15) is 13.2 Å². The Bertz CT molecular complexity index is 430. The Kier molecular flexibility index (Phi) is 5.07. The molecular formula is C14H21F3N2S. The Labute approximate surface area is 121 Å². The van der Waals surface area contributed by atoms with Gasteiger partial charge in [-0.3, -0.25) is 0 Å². The number of hydrogen-bond donors (Lipinski definition) is 1. The van der Waals surface area contributed by atoms with Gasteiger partial charge in [0.05, 0.1) is 10.9 Å². The van der Waals surface area contributed by atoms with Gasteiger partial charge in [-0.15, -0.1) is 11.3 Å². The topological polar surface area (TPSA) is 24.9 Å². The zero-order valence-electron chi connectivity index (χ0n) is 11.8. The van der Waals surface area contributed by atoms with Gasteiger partial charge in [0, 0.05) is 23.5 Å². The molecule has 0 saturated heterocycles.